The molecular weight excluding hydrogens is 305 g/mol. The molecule has 0 radical (unpaired) electrons. The van der Waals surface area contributed by atoms with Crippen LogP contribution in [0.1, 0.15) is 0 Å². The lowest BCUT2D eigenvalue weighted by Gasteiger charge is -2.20. The van der Waals surface area contributed by atoms with Crippen molar-refractivity contribution in [3.8, 4) is 0 Å². The van der Waals surface area contributed by atoms with Crippen LogP contribution in [0.5, 0.6) is 0 Å². The summed E-state index contributed by atoms with van der Waals surface area (Å²) in [5.74, 6) is 0. The van der Waals surface area contributed by atoms with E-state index in [1.165, 1.54) is 0 Å². The van der Waals surface area contributed by atoms with E-state index in [9.17, 15) is 9.36 Å². The van der Waals surface area contributed by atoms with E-state index in [2.05, 4.69) is 4.99 Å². The summed E-state index contributed by atoms with van der Waals surface area (Å²) in [6.45, 7) is 0. The zero-order valence-electron chi connectivity index (χ0n) is 12.3. The Bertz CT molecular complexity index is 857. The summed E-state index contributed by atoms with van der Waals surface area (Å²) in [5, 5.41) is 1.96. The third kappa shape index (κ3) is 2.80. The molecule has 0 aliphatic rings. The molecular formula is C19H14NO2P. The molecule has 3 rings (SSSR count). The Morgan fingerprint density at radius 1 is 0.696 bits per heavy atom. The van der Waals surface area contributed by atoms with Gasteiger partial charge in [-0.05, 0) is 12.1 Å². The molecule has 3 aromatic rings. The minimum Gasteiger partial charge on any atom is -0.309 e. The fraction of sp³-hybridized carbons (Fsp3) is 0. The third-order valence-corrected chi connectivity index (χ3v) is 6.73. The van der Waals surface area contributed by atoms with Crippen LogP contribution in [-0.4, -0.2) is 6.08 Å². The summed E-state index contributed by atoms with van der Waals surface area (Å²) in [6.07, 6.45) is 1.55. The first-order valence-electron chi connectivity index (χ1n) is 7.15. The zero-order valence-corrected chi connectivity index (χ0v) is 13.2. The highest BCUT2D eigenvalue weighted by atomic mass is 31.2. The van der Waals surface area contributed by atoms with Crippen LogP contribution in [0.15, 0.2) is 89.9 Å². The van der Waals surface area contributed by atoms with Gasteiger partial charge in [0.05, 0.1) is 5.69 Å². The van der Waals surface area contributed by atoms with E-state index in [4.69, 9.17) is 0 Å². The van der Waals surface area contributed by atoms with Crippen molar-refractivity contribution in [2.75, 3.05) is 0 Å². The predicted octanol–water partition coefficient (Wildman–Crippen LogP) is 3.29. The van der Waals surface area contributed by atoms with Crippen molar-refractivity contribution in [3.63, 3.8) is 0 Å². The second kappa shape index (κ2) is 6.58. The van der Waals surface area contributed by atoms with Crippen molar-refractivity contribution in [1.82, 2.24) is 0 Å². The number of hydrogen-bond acceptors (Lipinski definition) is 3. The first-order valence-corrected chi connectivity index (χ1v) is 8.86. The van der Waals surface area contributed by atoms with Crippen LogP contribution in [0.25, 0.3) is 0 Å². The molecule has 0 fully saturated rings. The summed E-state index contributed by atoms with van der Waals surface area (Å²) < 4.78 is 14.1. The average Bonchev–Trinajstić information content (AvgIpc) is 2.63. The highest BCUT2D eigenvalue weighted by molar-refractivity contribution is 7.85. The molecule has 0 saturated carbocycles. The maximum absolute atomic E-state index is 14.1. The monoisotopic (exact) mass is 319 g/mol. The highest BCUT2D eigenvalue weighted by Gasteiger charge is 2.31. The second-order valence-corrected chi connectivity index (χ2v) is 7.71. The van der Waals surface area contributed by atoms with Crippen LogP contribution in [0.4, 0.5) is 5.69 Å². The average molecular weight is 319 g/mol. The number of rotatable bonds is 4. The Labute approximate surface area is 134 Å². The van der Waals surface area contributed by atoms with Gasteiger partial charge in [-0.3, -0.25) is 0 Å². The zero-order chi connectivity index (χ0) is 16.1. The fourth-order valence-corrected chi connectivity index (χ4v) is 5.36. The molecule has 112 valence electrons. The number of hydrogen-bond donors (Lipinski definition) is 0. The first-order chi connectivity index (χ1) is 11.3. The van der Waals surface area contributed by atoms with Gasteiger partial charge in [-0.2, -0.15) is 4.99 Å². The molecule has 0 aliphatic heterocycles. The van der Waals surface area contributed by atoms with Crippen LogP contribution >= 0.6 is 7.14 Å². The van der Waals surface area contributed by atoms with Crippen LogP contribution in [0.2, 0.25) is 0 Å². The number of isocyanates is 1. The topological polar surface area (TPSA) is 46.5 Å². The number of aliphatic imine (C=N–C) groups is 1. The molecule has 0 bridgehead atoms. The SMILES string of the molecule is O=C=Nc1ccccc1P(=O)(c1ccccc1)c1ccccc1. The van der Waals surface area contributed by atoms with Gasteiger partial charge in [0.25, 0.3) is 0 Å². The van der Waals surface area contributed by atoms with Gasteiger partial charge in [-0.25, -0.2) is 4.79 Å². The van der Waals surface area contributed by atoms with E-state index in [-0.39, 0.29) is 0 Å². The van der Waals surface area contributed by atoms with Crippen molar-refractivity contribution in [3.05, 3.63) is 84.9 Å². The van der Waals surface area contributed by atoms with Crippen LogP contribution in [-0.2, 0) is 9.36 Å². The minimum absolute atomic E-state index is 0.388. The maximum atomic E-state index is 14.1. The minimum atomic E-state index is -3.12. The molecule has 0 N–H and O–H groups in total. The van der Waals surface area contributed by atoms with E-state index in [1.54, 1.807) is 30.3 Å². The summed E-state index contributed by atoms with van der Waals surface area (Å²) >= 11 is 0. The molecule has 0 aromatic heterocycles. The first kappa shape index (κ1) is 15.2. The number of nitrogens with zero attached hydrogens (tertiary/aromatic N) is 1. The molecule has 0 amide bonds. The van der Waals surface area contributed by atoms with Gasteiger partial charge in [0, 0.05) is 15.9 Å². The predicted molar refractivity (Wildman–Crippen MR) is 93.6 cm³/mol. The quantitative estimate of drug-likeness (QED) is 0.421. The Balaban J connectivity index is 2.35. The van der Waals surface area contributed by atoms with E-state index in [1.807, 2.05) is 60.7 Å². The van der Waals surface area contributed by atoms with Crippen LogP contribution < -0.4 is 15.9 Å². The Morgan fingerprint density at radius 2 is 1.17 bits per heavy atom. The van der Waals surface area contributed by atoms with Gasteiger partial charge in [-0.15, -0.1) is 0 Å². The van der Waals surface area contributed by atoms with E-state index < -0.39 is 7.14 Å². The van der Waals surface area contributed by atoms with Crippen molar-refractivity contribution in [2.45, 2.75) is 0 Å². The largest absolute Gasteiger partial charge is 0.309 e. The lowest BCUT2D eigenvalue weighted by atomic mass is 10.3. The smallest absolute Gasteiger partial charge is 0.240 e. The number of benzene rings is 3. The van der Waals surface area contributed by atoms with Crippen molar-refractivity contribution in [2.24, 2.45) is 4.99 Å². The summed E-state index contributed by atoms with van der Waals surface area (Å²) in [7, 11) is -3.12. The Hall–Kier alpha value is -2.73. The highest BCUT2D eigenvalue weighted by Crippen LogP contribution is 2.44. The van der Waals surface area contributed by atoms with Crippen molar-refractivity contribution >= 4 is 34.8 Å². The number of para-hydroxylation sites is 1. The summed E-state index contributed by atoms with van der Waals surface area (Å²) in [4.78, 5) is 14.5. The third-order valence-electron chi connectivity index (χ3n) is 3.63. The van der Waals surface area contributed by atoms with E-state index in [0.29, 0.717) is 21.6 Å². The molecule has 3 nitrogen and oxygen atoms in total. The second-order valence-electron chi connectivity index (χ2n) is 4.97. The number of carbonyl (C=O) groups excluding carboxylic acids is 1. The normalized spacial score (nSPS) is 10.8. The summed E-state index contributed by atoms with van der Waals surface area (Å²) in [6, 6.07) is 25.6. The van der Waals surface area contributed by atoms with Gasteiger partial charge < -0.3 is 4.57 Å². The van der Waals surface area contributed by atoms with Crippen LogP contribution in [0, 0.1) is 0 Å². The lowest BCUT2D eigenvalue weighted by Crippen LogP contribution is -2.25. The summed E-state index contributed by atoms with van der Waals surface area (Å²) in [5.41, 5.74) is 0.388. The molecule has 0 aliphatic carbocycles. The molecule has 0 saturated heterocycles. The van der Waals surface area contributed by atoms with Gasteiger partial charge in [0.2, 0.25) is 6.08 Å². The molecule has 4 heteroatoms. The Kier molecular flexibility index (Phi) is 4.34. The van der Waals surface area contributed by atoms with E-state index in [0.717, 1.165) is 0 Å². The van der Waals surface area contributed by atoms with Gasteiger partial charge in [-0.1, -0.05) is 72.8 Å². The van der Waals surface area contributed by atoms with Crippen molar-refractivity contribution < 1.29 is 9.36 Å². The molecule has 3 aromatic carbocycles. The molecule has 0 spiro atoms. The van der Waals surface area contributed by atoms with E-state index >= 15 is 0 Å². The molecule has 0 unspecified atom stereocenters. The maximum Gasteiger partial charge on any atom is 0.240 e. The fourth-order valence-electron chi connectivity index (χ4n) is 2.58. The van der Waals surface area contributed by atoms with Crippen molar-refractivity contribution in [1.29, 1.82) is 0 Å². The molecule has 23 heavy (non-hydrogen) atoms. The lowest BCUT2D eigenvalue weighted by molar-refractivity contribution is 0.565. The van der Waals surface area contributed by atoms with Gasteiger partial charge >= 0.3 is 0 Å². The standard InChI is InChI=1S/C19H14NO2P/c21-15-20-18-13-7-8-14-19(18)23(22,16-9-3-1-4-10-16)17-11-5-2-6-12-17/h1-14H. The van der Waals surface area contributed by atoms with Gasteiger partial charge in [0.15, 0.2) is 7.14 Å². The molecule has 0 atom stereocenters. The van der Waals surface area contributed by atoms with Gasteiger partial charge in [0.1, 0.15) is 0 Å². The van der Waals surface area contributed by atoms with Crippen LogP contribution in [0.3, 0.4) is 0 Å². The Morgan fingerprint density at radius 3 is 1.70 bits per heavy atom. The molecule has 0 heterocycles.